The number of piperidine rings is 1. The van der Waals surface area contributed by atoms with Gasteiger partial charge in [-0.2, -0.15) is 0 Å². The summed E-state index contributed by atoms with van der Waals surface area (Å²) in [5.74, 6) is 0. The molecule has 0 N–H and O–H groups in total. The van der Waals surface area contributed by atoms with E-state index in [1.54, 1.807) is 0 Å². The molecule has 109 valence electrons. The van der Waals surface area contributed by atoms with E-state index < -0.39 is 0 Å². The second-order valence-electron chi connectivity index (χ2n) is 5.84. The highest BCUT2D eigenvalue weighted by atomic mass is 15.1. The Kier molecular flexibility index (Phi) is 4.69. The fourth-order valence-electron chi connectivity index (χ4n) is 3.13. The molecule has 1 fully saturated rings. The first-order valence-corrected chi connectivity index (χ1v) is 7.81. The van der Waals surface area contributed by atoms with Crippen LogP contribution in [0.25, 0.3) is 11.1 Å². The van der Waals surface area contributed by atoms with E-state index in [1.807, 2.05) is 0 Å². The van der Waals surface area contributed by atoms with Gasteiger partial charge in [0.2, 0.25) is 0 Å². The van der Waals surface area contributed by atoms with Gasteiger partial charge in [-0.25, -0.2) is 5.32 Å². The first-order chi connectivity index (χ1) is 10.3. The van der Waals surface area contributed by atoms with E-state index in [4.69, 9.17) is 0 Å². The van der Waals surface area contributed by atoms with Crippen LogP contribution in [-0.4, -0.2) is 31.1 Å². The maximum Gasteiger partial charge on any atom is 0.0239 e. The van der Waals surface area contributed by atoms with E-state index in [0.29, 0.717) is 6.04 Å². The Morgan fingerprint density at radius 1 is 0.952 bits per heavy atom. The Morgan fingerprint density at radius 3 is 2.38 bits per heavy atom. The molecule has 0 unspecified atom stereocenters. The van der Waals surface area contributed by atoms with Crippen molar-refractivity contribution < 1.29 is 0 Å². The summed E-state index contributed by atoms with van der Waals surface area (Å²) in [5, 5.41) is 4.46. The van der Waals surface area contributed by atoms with Gasteiger partial charge in [-0.1, -0.05) is 54.6 Å². The molecule has 1 aliphatic heterocycles. The summed E-state index contributed by atoms with van der Waals surface area (Å²) in [6, 6.07) is 20.1. The molecule has 0 amide bonds. The van der Waals surface area contributed by atoms with Crippen molar-refractivity contribution in [2.75, 3.05) is 20.1 Å². The van der Waals surface area contributed by atoms with Gasteiger partial charge in [0.15, 0.2) is 0 Å². The Hall–Kier alpha value is -1.64. The topological polar surface area (TPSA) is 17.3 Å². The molecular formula is C19H23N2. The first-order valence-electron chi connectivity index (χ1n) is 7.81. The average Bonchev–Trinajstić information content (AvgIpc) is 2.57. The third-order valence-corrected chi connectivity index (χ3v) is 4.39. The van der Waals surface area contributed by atoms with Crippen molar-refractivity contribution in [3.63, 3.8) is 0 Å². The van der Waals surface area contributed by atoms with Crippen LogP contribution in [0.15, 0.2) is 54.6 Å². The van der Waals surface area contributed by atoms with Gasteiger partial charge in [0, 0.05) is 25.7 Å². The Labute approximate surface area is 127 Å². The molecule has 2 aromatic carbocycles. The van der Waals surface area contributed by atoms with Crippen LogP contribution in [0.4, 0.5) is 0 Å². The molecule has 0 bridgehead atoms. The second kappa shape index (κ2) is 6.88. The maximum atomic E-state index is 4.46. The molecule has 21 heavy (non-hydrogen) atoms. The average molecular weight is 279 g/mol. The smallest absolute Gasteiger partial charge is 0.0239 e. The third-order valence-electron chi connectivity index (χ3n) is 4.39. The van der Waals surface area contributed by atoms with Crippen LogP contribution in [-0.2, 0) is 6.54 Å². The van der Waals surface area contributed by atoms with Gasteiger partial charge in [-0.05, 0) is 36.6 Å². The predicted molar refractivity (Wildman–Crippen MR) is 88.2 cm³/mol. The second-order valence-corrected chi connectivity index (χ2v) is 5.84. The van der Waals surface area contributed by atoms with Crippen LogP contribution in [0.5, 0.6) is 0 Å². The van der Waals surface area contributed by atoms with Crippen LogP contribution >= 0.6 is 0 Å². The number of benzene rings is 2. The van der Waals surface area contributed by atoms with E-state index in [2.05, 4.69) is 71.9 Å². The van der Waals surface area contributed by atoms with Crippen LogP contribution in [0, 0.1) is 0 Å². The van der Waals surface area contributed by atoms with Crippen molar-refractivity contribution in [2.24, 2.45) is 0 Å². The van der Waals surface area contributed by atoms with E-state index in [-0.39, 0.29) is 0 Å². The minimum Gasteiger partial charge on any atom is -0.299 e. The summed E-state index contributed by atoms with van der Waals surface area (Å²) < 4.78 is 0. The SMILES string of the molecule is CN(Cc1ccccc1-c1ccccc1)C1CC[N]CC1. The number of rotatable bonds is 4. The summed E-state index contributed by atoms with van der Waals surface area (Å²) in [4.78, 5) is 2.50. The minimum atomic E-state index is 0.673. The Bertz CT molecular complexity index is 559. The molecule has 0 saturated carbocycles. The summed E-state index contributed by atoms with van der Waals surface area (Å²) in [6.07, 6.45) is 2.40. The molecule has 1 radical (unpaired) electrons. The van der Waals surface area contributed by atoms with E-state index in [9.17, 15) is 0 Å². The zero-order chi connectivity index (χ0) is 14.5. The standard InChI is InChI=1S/C19H23N2/c1-21(18-11-13-20-14-12-18)15-17-9-5-6-10-19(17)16-7-3-2-4-8-16/h2-10,18H,11-15H2,1H3. The van der Waals surface area contributed by atoms with Crippen LogP contribution in [0.1, 0.15) is 18.4 Å². The minimum absolute atomic E-state index is 0.673. The lowest BCUT2D eigenvalue weighted by Crippen LogP contribution is -2.38. The highest BCUT2D eigenvalue weighted by molar-refractivity contribution is 5.67. The zero-order valence-electron chi connectivity index (χ0n) is 12.7. The van der Waals surface area contributed by atoms with Crippen molar-refractivity contribution in [2.45, 2.75) is 25.4 Å². The molecule has 1 aliphatic rings. The van der Waals surface area contributed by atoms with Crippen molar-refractivity contribution in [3.8, 4) is 11.1 Å². The van der Waals surface area contributed by atoms with E-state index >= 15 is 0 Å². The summed E-state index contributed by atoms with van der Waals surface area (Å²) in [5.41, 5.74) is 4.07. The highest BCUT2D eigenvalue weighted by Crippen LogP contribution is 2.25. The van der Waals surface area contributed by atoms with E-state index in [0.717, 1.165) is 19.6 Å². The fourth-order valence-corrected chi connectivity index (χ4v) is 3.13. The monoisotopic (exact) mass is 279 g/mol. The van der Waals surface area contributed by atoms with Gasteiger partial charge in [-0.15, -0.1) is 0 Å². The van der Waals surface area contributed by atoms with Crippen molar-refractivity contribution in [3.05, 3.63) is 60.2 Å². The molecule has 2 heteroatoms. The molecule has 2 nitrogen and oxygen atoms in total. The molecule has 0 spiro atoms. The number of nitrogens with zero attached hydrogens (tertiary/aromatic N) is 2. The molecular weight excluding hydrogens is 256 g/mol. The molecule has 0 atom stereocenters. The van der Waals surface area contributed by atoms with Gasteiger partial charge < -0.3 is 0 Å². The van der Waals surface area contributed by atoms with Crippen LogP contribution in [0.3, 0.4) is 0 Å². The lowest BCUT2D eigenvalue weighted by atomic mass is 9.98. The zero-order valence-corrected chi connectivity index (χ0v) is 12.7. The number of hydrogen-bond donors (Lipinski definition) is 0. The molecule has 1 heterocycles. The normalized spacial score (nSPS) is 16.3. The first kappa shape index (κ1) is 14.3. The summed E-state index contributed by atoms with van der Waals surface area (Å²) >= 11 is 0. The van der Waals surface area contributed by atoms with Crippen LogP contribution in [0.2, 0.25) is 0 Å². The molecule has 0 aromatic heterocycles. The quantitative estimate of drug-likeness (QED) is 0.836. The van der Waals surface area contributed by atoms with Crippen molar-refractivity contribution in [1.29, 1.82) is 0 Å². The van der Waals surface area contributed by atoms with Gasteiger partial charge >= 0.3 is 0 Å². The van der Waals surface area contributed by atoms with Crippen molar-refractivity contribution >= 4 is 0 Å². The lowest BCUT2D eigenvalue weighted by molar-refractivity contribution is 0.191. The van der Waals surface area contributed by atoms with Crippen molar-refractivity contribution in [1.82, 2.24) is 10.2 Å². The van der Waals surface area contributed by atoms with Gasteiger partial charge in [0.25, 0.3) is 0 Å². The van der Waals surface area contributed by atoms with Gasteiger partial charge in [0.05, 0.1) is 0 Å². The Morgan fingerprint density at radius 2 is 1.62 bits per heavy atom. The highest BCUT2D eigenvalue weighted by Gasteiger charge is 2.19. The molecule has 3 rings (SSSR count). The van der Waals surface area contributed by atoms with Crippen LogP contribution < -0.4 is 5.32 Å². The maximum absolute atomic E-state index is 4.46. The Balaban J connectivity index is 1.79. The molecule has 1 saturated heterocycles. The predicted octanol–water partition coefficient (Wildman–Crippen LogP) is 3.55. The summed E-state index contributed by atoms with van der Waals surface area (Å²) in [6.45, 7) is 3.06. The third kappa shape index (κ3) is 3.52. The number of hydrogen-bond acceptors (Lipinski definition) is 1. The lowest BCUT2D eigenvalue weighted by Gasteiger charge is -2.31. The summed E-state index contributed by atoms with van der Waals surface area (Å²) in [7, 11) is 2.25. The van der Waals surface area contributed by atoms with E-state index in [1.165, 1.54) is 29.5 Å². The fraction of sp³-hybridized carbons (Fsp3) is 0.368. The molecule has 2 aromatic rings. The molecule has 0 aliphatic carbocycles. The van der Waals surface area contributed by atoms with Gasteiger partial charge in [0.1, 0.15) is 0 Å². The largest absolute Gasteiger partial charge is 0.299 e. The van der Waals surface area contributed by atoms with Gasteiger partial charge in [-0.3, -0.25) is 4.90 Å².